The molecule has 4 aliphatic carbocycles. The zero-order valence-electron chi connectivity index (χ0n) is 15.3. The highest BCUT2D eigenvalue weighted by atomic mass is 32.2. The molecular weight excluding hydrogens is 348 g/mol. The van der Waals surface area contributed by atoms with Crippen LogP contribution in [0.15, 0.2) is 29.2 Å². The summed E-state index contributed by atoms with van der Waals surface area (Å²) in [5.41, 5.74) is 0.488. The third-order valence-corrected chi connectivity index (χ3v) is 7.96. The van der Waals surface area contributed by atoms with Crippen molar-refractivity contribution < 1.29 is 13.2 Å². The van der Waals surface area contributed by atoms with E-state index in [9.17, 15) is 13.2 Å². The fourth-order valence-corrected chi connectivity index (χ4v) is 6.82. The van der Waals surface area contributed by atoms with Gasteiger partial charge in [0.15, 0.2) is 0 Å². The monoisotopic (exact) mass is 376 g/mol. The Balaban J connectivity index is 1.45. The molecule has 0 heterocycles. The molecule has 1 aromatic rings. The summed E-state index contributed by atoms with van der Waals surface area (Å²) in [7, 11) is -3.47. The number of carbonyl (C=O) groups is 1. The van der Waals surface area contributed by atoms with Crippen molar-refractivity contribution in [2.24, 2.45) is 23.2 Å². The number of nitrogens with one attached hydrogen (secondary N) is 2. The largest absolute Gasteiger partial charge is 0.326 e. The number of sulfonamides is 1. The van der Waals surface area contributed by atoms with Gasteiger partial charge in [-0.3, -0.25) is 4.79 Å². The Hall–Kier alpha value is -1.40. The lowest BCUT2D eigenvalue weighted by Gasteiger charge is -2.55. The van der Waals surface area contributed by atoms with Crippen LogP contribution in [0.25, 0.3) is 0 Å². The highest BCUT2D eigenvalue weighted by Crippen LogP contribution is 2.60. The molecule has 5 nitrogen and oxygen atoms in total. The first kappa shape index (κ1) is 18.0. The average molecular weight is 377 g/mol. The van der Waals surface area contributed by atoms with Crippen LogP contribution >= 0.6 is 0 Å². The van der Waals surface area contributed by atoms with E-state index in [0.717, 1.165) is 43.4 Å². The van der Waals surface area contributed by atoms with Crippen LogP contribution in [0.1, 0.15) is 51.9 Å². The van der Waals surface area contributed by atoms with E-state index < -0.39 is 10.0 Å². The van der Waals surface area contributed by atoms with Gasteiger partial charge in [0, 0.05) is 12.2 Å². The molecule has 0 saturated heterocycles. The molecule has 6 heteroatoms. The van der Waals surface area contributed by atoms with Crippen molar-refractivity contribution in [2.75, 3.05) is 11.9 Å². The SMILES string of the molecule is CCCNS(=O)(=O)c1ccc(NC(=O)C23CC4CC(CC(C4)C2)C3)cc1. The zero-order chi connectivity index (χ0) is 18.4. The van der Waals surface area contributed by atoms with E-state index in [-0.39, 0.29) is 16.2 Å². The summed E-state index contributed by atoms with van der Waals surface area (Å²) in [5, 5.41) is 3.07. The Morgan fingerprint density at radius 1 is 1.04 bits per heavy atom. The number of anilines is 1. The molecule has 5 rings (SSSR count). The lowest BCUT2D eigenvalue weighted by atomic mass is 9.49. The maximum absolute atomic E-state index is 13.0. The van der Waals surface area contributed by atoms with Crippen LogP contribution in [0.5, 0.6) is 0 Å². The minimum Gasteiger partial charge on any atom is -0.326 e. The molecule has 4 saturated carbocycles. The number of amides is 1. The Bertz CT molecular complexity index is 750. The Morgan fingerprint density at radius 2 is 1.58 bits per heavy atom. The normalized spacial score (nSPS) is 32.6. The second-order valence-corrected chi connectivity index (χ2v) is 10.3. The molecule has 0 spiro atoms. The molecule has 0 radical (unpaired) electrons. The van der Waals surface area contributed by atoms with Crippen LogP contribution in [-0.4, -0.2) is 20.9 Å². The van der Waals surface area contributed by atoms with Gasteiger partial charge in [-0.2, -0.15) is 0 Å². The fourth-order valence-electron chi connectivity index (χ4n) is 5.69. The van der Waals surface area contributed by atoms with E-state index in [1.165, 1.54) is 19.3 Å². The first-order chi connectivity index (χ1) is 12.4. The molecule has 4 aliphatic rings. The summed E-state index contributed by atoms with van der Waals surface area (Å²) in [5.74, 6) is 2.31. The summed E-state index contributed by atoms with van der Waals surface area (Å²) in [6.07, 6.45) is 7.75. The lowest BCUT2D eigenvalue weighted by Crippen LogP contribution is -2.51. The van der Waals surface area contributed by atoms with Gasteiger partial charge in [-0.15, -0.1) is 0 Å². The summed E-state index contributed by atoms with van der Waals surface area (Å²) in [4.78, 5) is 13.3. The average Bonchev–Trinajstić information content (AvgIpc) is 2.59. The highest BCUT2D eigenvalue weighted by Gasteiger charge is 2.54. The lowest BCUT2D eigenvalue weighted by molar-refractivity contribution is -0.140. The highest BCUT2D eigenvalue weighted by molar-refractivity contribution is 7.89. The summed E-state index contributed by atoms with van der Waals surface area (Å²) >= 11 is 0. The number of benzene rings is 1. The van der Waals surface area contributed by atoms with Crippen LogP contribution in [0.4, 0.5) is 5.69 Å². The van der Waals surface area contributed by atoms with Crippen molar-refractivity contribution in [2.45, 2.75) is 56.8 Å². The van der Waals surface area contributed by atoms with Crippen molar-refractivity contribution in [1.82, 2.24) is 4.72 Å². The Morgan fingerprint density at radius 3 is 2.08 bits per heavy atom. The van der Waals surface area contributed by atoms with Gasteiger partial charge in [0.05, 0.1) is 10.3 Å². The van der Waals surface area contributed by atoms with Crippen molar-refractivity contribution in [3.05, 3.63) is 24.3 Å². The maximum atomic E-state index is 13.0. The van der Waals surface area contributed by atoms with Gasteiger partial charge in [0.2, 0.25) is 15.9 Å². The molecule has 0 atom stereocenters. The standard InChI is InChI=1S/C20H28N2O3S/c1-2-7-21-26(24,25)18-5-3-17(4-6-18)22-19(23)20-11-14-8-15(12-20)10-16(9-14)13-20/h3-6,14-16,21H,2,7-13H2,1H3,(H,22,23). The second-order valence-electron chi connectivity index (χ2n) is 8.57. The van der Waals surface area contributed by atoms with E-state index >= 15 is 0 Å². The molecule has 1 aromatic carbocycles. The molecule has 4 bridgehead atoms. The van der Waals surface area contributed by atoms with Crippen LogP contribution in [-0.2, 0) is 14.8 Å². The van der Waals surface area contributed by atoms with E-state index in [4.69, 9.17) is 0 Å². The van der Waals surface area contributed by atoms with E-state index in [0.29, 0.717) is 12.2 Å². The van der Waals surface area contributed by atoms with Gasteiger partial charge in [-0.25, -0.2) is 13.1 Å². The quantitative estimate of drug-likeness (QED) is 0.797. The molecule has 0 unspecified atom stereocenters. The van der Waals surface area contributed by atoms with Gasteiger partial charge in [-0.1, -0.05) is 6.92 Å². The van der Waals surface area contributed by atoms with Gasteiger partial charge in [-0.05, 0) is 87.0 Å². The molecule has 0 aliphatic heterocycles. The maximum Gasteiger partial charge on any atom is 0.240 e. The Kier molecular flexibility index (Phi) is 4.59. The van der Waals surface area contributed by atoms with Gasteiger partial charge < -0.3 is 5.32 Å². The Labute approximate surface area is 156 Å². The third-order valence-electron chi connectivity index (χ3n) is 6.48. The topological polar surface area (TPSA) is 75.3 Å². The zero-order valence-corrected chi connectivity index (χ0v) is 16.1. The van der Waals surface area contributed by atoms with Crippen molar-refractivity contribution in [1.29, 1.82) is 0 Å². The smallest absolute Gasteiger partial charge is 0.240 e. The van der Waals surface area contributed by atoms with E-state index in [1.807, 2.05) is 6.92 Å². The molecule has 142 valence electrons. The van der Waals surface area contributed by atoms with Gasteiger partial charge >= 0.3 is 0 Å². The van der Waals surface area contributed by atoms with Crippen molar-refractivity contribution in [3.8, 4) is 0 Å². The van der Waals surface area contributed by atoms with Crippen LogP contribution < -0.4 is 10.0 Å². The van der Waals surface area contributed by atoms with Gasteiger partial charge in [0.25, 0.3) is 0 Å². The van der Waals surface area contributed by atoms with Crippen LogP contribution in [0.2, 0.25) is 0 Å². The van der Waals surface area contributed by atoms with Crippen LogP contribution in [0.3, 0.4) is 0 Å². The summed E-state index contributed by atoms with van der Waals surface area (Å²) < 4.78 is 26.9. The van der Waals surface area contributed by atoms with Crippen molar-refractivity contribution >= 4 is 21.6 Å². The molecule has 2 N–H and O–H groups in total. The summed E-state index contributed by atoms with van der Waals surface area (Å²) in [6.45, 7) is 2.35. The first-order valence-corrected chi connectivity index (χ1v) is 11.3. The fraction of sp³-hybridized carbons (Fsp3) is 0.650. The van der Waals surface area contributed by atoms with Gasteiger partial charge in [0.1, 0.15) is 0 Å². The third kappa shape index (κ3) is 3.29. The predicted octanol–water partition coefficient (Wildman–Crippen LogP) is 3.53. The molecule has 4 fully saturated rings. The van der Waals surface area contributed by atoms with Crippen molar-refractivity contribution in [3.63, 3.8) is 0 Å². The second kappa shape index (κ2) is 6.64. The van der Waals surface area contributed by atoms with E-state index in [1.54, 1.807) is 24.3 Å². The van der Waals surface area contributed by atoms with Crippen LogP contribution in [0, 0.1) is 23.2 Å². The number of rotatable bonds is 6. The minimum absolute atomic E-state index is 0.135. The summed E-state index contributed by atoms with van der Waals surface area (Å²) in [6, 6.07) is 6.51. The predicted molar refractivity (Wildman–Crippen MR) is 101 cm³/mol. The first-order valence-electron chi connectivity index (χ1n) is 9.81. The number of carbonyl (C=O) groups excluding carboxylic acids is 1. The number of hydrogen-bond donors (Lipinski definition) is 2. The minimum atomic E-state index is -3.47. The molecule has 1 amide bonds. The number of hydrogen-bond acceptors (Lipinski definition) is 3. The molecule has 26 heavy (non-hydrogen) atoms. The molecule has 0 aromatic heterocycles. The molecular formula is C20H28N2O3S. The van der Waals surface area contributed by atoms with E-state index in [2.05, 4.69) is 10.0 Å².